The van der Waals surface area contributed by atoms with Gasteiger partial charge in [-0.05, 0) is 24.6 Å². The van der Waals surface area contributed by atoms with Crippen molar-refractivity contribution in [1.29, 1.82) is 0 Å². The highest BCUT2D eigenvalue weighted by Gasteiger charge is 2.29. The Bertz CT molecular complexity index is 625. The molecule has 24 heavy (non-hydrogen) atoms. The molecule has 1 aromatic carbocycles. The Labute approximate surface area is 148 Å². The Balaban J connectivity index is 2.07. The van der Waals surface area contributed by atoms with E-state index in [-0.39, 0.29) is 11.8 Å². The van der Waals surface area contributed by atoms with Crippen molar-refractivity contribution >= 4 is 23.4 Å². The monoisotopic (exact) mass is 352 g/mol. The molecular formula is C18H25ClN2O3. The summed E-state index contributed by atoms with van der Waals surface area (Å²) in [7, 11) is 1.54. The number of carbonyl (C=O) groups excluding carboxylic acids is 2. The van der Waals surface area contributed by atoms with E-state index < -0.39 is 5.41 Å². The van der Waals surface area contributed by atoms with E-state index in [0.29, 0.717) is 42.5 Å². The number of methoxy groups -OCH3 is 1. The molecule has 5 nitrogen and oxygen atoms in total. The molecule has 0 atom stereocenters. The summed E-state index contributed by atoms with van der Waals surface area (Å²) in [4.78, 5) is 28.8. The number of amides is 2. The number of halogens is 1. The SMILES string of the molecule is COc1ccc(C(=O)N2CCCN(C(=O)C(C)(C)C)CC2)cc1Cl. The van der Waals surface area contributed by atoms with Crippen molar-refractivity contribution in [3.05, 3.63) is 28.8 Å². The van der Waals surface area contributed by atoms with Crippen molar-refractivity contribution < 1.29 is 14.3 Å². The van der Waals surface area contributed by atoms with Crippen LogP contribution in [0.2, 0.25) is 5.02 Å². The number of nitrogens with zero attached hydrogens (tertiary/aromatic N) is 2. The fourth-order valence-corrected chi connectivity index (χ4v) is 3.04. The molecule has 0 aromatic heterocycles. The molecule has 1 fully saturated rings. The predicted octanol–water partition coefficient (Wildman–Crippen LogP) is 3.07. The Hall–Kier alpha value is -1.75. The van der Waals surface area contributed by atoms with Crippen molar-refractivity contribution in [2.75, 3.05) is 33.3 Å². The first-order chi connectivity index (χ1) is 11.2. The first kappa shape index (κ1) is 18.6. The summed E-state index contributed by atoms with van der Waals surface area (Å²) in [5, 5.41) is 0.419. The van der Waals surface area contributed by atoms with Crippen LogP contribution >= 0.6 is 11.6 Å². The van der Waals surface area contributed by atoms with Gasteiger partial charge in [0.25, 0.3) is 5.91 Å². The fraction of sp³-hybridized carbons (Fsp3) is 0.556. The second kappa shape index (κ2) is 7.43. The van der Waals surface area contributed by atoms with E-state index >= 15 is 0 Å². The lowest BCUT2D eigenvalue weighted by molar-refractivity contribution is -0.139. The number of ether oxygens (including phenoxy) is 1. The van der Waals surface area contributed by atoms with Gasteiger partial charge in [-0.15, -0.1) is 0 Å². The summed E-state index contributed by atoms with van der Waals surface area (Å²) in [6.45, 7) is 8.17. The summed E-state index contributed by atoms with van der Waals surface area (Å²) in [6, 6.07) is 5.05. The van der Waals surface area contributed by atoms with Gasteiger partial charge in [0.05, 0.1) is 12.1 Å². The van der Waals surface area contributed by atoms with Gasteiger partial charge in [-0.25, -0.2) is 0 Å². The molecule has 0 bridgehead atoms. The minimum Gasteiger partial charge on any atom is -0.495 e. The Kier molecular flexibility index (Phi) is 5.75. The van der Waals surface area contributed by atoms with Crippen LogP contribution in [-0.2, 0) is 4.79 Å². The van der Waals surface area contributed by atoms with Crippen molar-refractivity contribution in [1.82, 2.24) is 9.80 Å². The summed E-state index contributed by atoms with van der Waals surface area (Å²) in [5.41, 5.74) is 0.138. The third-order valence-electron chi connectivity index (χ3n) is 4.11. The maximum absolute atomic E-state index is 12.7. The van der Waals surface area contributed by atoms with Gasteiger partial charge in [0, 0.05) is 37.2 Å². The summed E-state index contributed by atoms with van der Waals surface area (Å²) < 4.78 is 5.12. The summed E-state index contributed by atoms with van der Waals surface area (Å²) in [6.07, 6.45) is 0.775. The first-order valence-corrected chi connectivity index (χ1v) is 8.54. The van der Waals surface area contributed by atoms with E-state index in [0.717, 1.165) is 6.42 Å². The lowest BCUT2D eigenvalue weighted by atomic mass is 9.94. The maximum Gasteiger partial charge on any atom is 0.253 e. The number of carbonyl (C=O) groups is 2. The highest BCUT2D eigenvalue weighted by atomic mass is 35.5. The van der Waals surface area contributed by atoms with Crippen LogP contribution in [0.1, 0.15) is 37.6 Å². The predicted molar refractivity (Wildman–Crippen MR) is 94.6 cm³/mol. The van der Waals surface area contributed by atoms with Crippen molar-refractivity contribution in [3.63, 3.8) is 0 Å². The summed E-state index contributed by atoms with van der Waals surface area (Å²) in [5.74, 6) is 0.611. The number of hydrogen-bond donors (Lipinski definition) is 0. The molecule has 0 aliphatic carbocycles. The topological polar surface area (TPSA) is 49.9 Å². The molecule has 2 rings (SSSR count). The Morgan fingerprint density at radius 3 is 2.29 bits per heavy atom. The molecule has 1 saturated heterocycles. The Morgan fingerprint density at radius 2 is 1.71 bits per heavy atom. The molecule has 1 heterocycles. The van der Waals surface area contributed by atoms with Crippen LogP contribution in [0.4, 0.5) is 0 Å². The van der Waals surface area contributed by atoms with Crippen molar-refractivity contribution in [3.8, 4) is 5.75 Å². The first-order valence-electron chi connectivity index (χ1n) is 8.16. The maximum atomic E-state index is 12.7. The highest BCUT2D eigenvalue weighted by Crippen LogP contribution is 2.26. The van der Waals surface area contributed by atoms with Gasteiger partial charge in [0.15, 0.2) is 0 Å². The van der Waals surface area contributed by atoms with E-state index in [1.165, 1.54) is 0 Å². The number of hydrogen-bond acceptors (Lipinski definition) is 3. The zero-order chi connectivity index (χ0) is 17.9. The van der Waals surface area contributed by atoms with Gasteiger partial charge in [0.1, 0.15) is 5.75 Å². The van der Waals surface area contributed by atoms with Crippen LogP contribution in [0.5, 0.6) is 5.75 Å². The lowest BCUT2D eigenvalue weighted by Gasteiger charge is -2.28. The van der Waals surface area contributed by atoms with Gasteiger partial charge in [-0.1, -0.05) is 32.4 Å². The fourth-order valence-electron chi connectivity index (χ4n) is 2.78. The zero-order valence-corrected chi connectivity index (χ0v) is 15.5. The van der Waals surface area contributed by atoms with Crippen LogP contribution in [0.3, 0.4) is 0 Å². The van der Waals surface area contributed by atoms with E-state index in [4.69, 9.17) is 16.3 Å². The minimum atomic E-state index is -0.400. The van der Waals surface area contributed by atoms with E-state index in [1.54, 1.807) is 30.2 Å². The molecule has 0 radical (unpaired) electrons. The van der Waals surface area contributed by atoms with E-state index in [9.17, 15) is 9.59 Å². The molecule has 132 valence electrons. The zero-order valence-electron chi connectivity index (χ0n) is 14.8. The Morgan fingerprint density at radius 1 is 1.08 bits per heavy atom. The minimum absolute atomic E-state index is 0.0652. The van der Waals surface area contributed by atoms with Crippen molar-refractivity contribution in [2.45, 2.75) is 27.2 Å². The van der Waals surface area contributed by atoms with E-state index in [1.807, 2.05) is 25.7 Å². The molecule has 0 spiro atoms. The van der Waals surface area contributed by atoms with Crippen molar-refractivity contribution in [2.24, 2.45) is 5.41 Å². The van der Waals surface area contributed by atoms with Gasteiger partial charge in [-0.3, -0.25) is 9.59 Å². The highest BCUT2D eigenvalue weighted by molar-refractivity contribution is 6.32. The molecule has 0 unspecified atom stereocenters. The number of benzene rings is 1. The molecule has 1 aliphatic heterocycles. The summed E-state index contributed by atoms with van der Waals surface area (Å²) >= 11 is 6.11. The third-order valence-corrected chi connectivity index (χ3v) is 4.41. The molecule has 1 aliphatic rings. The van der Waals surface area contributed by atoms with Crippen LogP contribution in [0, 0.1) is 5.41 Å². The van der Waals surface area contributed by atoms with Gasteiger partial charge in [-0.2, -0.15) is 0 Å². The standard InChI is InChI=1S/C18H25ClN2O3/c1-18(2,3)17(23)21-9-5-8-20(10-11-21)16(22)13-6-7-15(24-4)14(19)12-13/h6-7,12H,5,8-11H2,1-4H3. The van der Waals surface area contributed by atoms with Gasteiger partial charge in [0.2, 0.25) is 5.91 Å². The average Bonchev–Trinajstić information content (AvgIpc) is 2.78. The second-order valence-corrected chi connectivity index (χ2v) is 7.44. The molecule has 0 saturated carbocycles. The van der Waals surface area contributed by atoms with Crippen LogP contribution in [-0.4, -0.2) is 54.9 Å². The largest absolute Gasteiger partial charge is 0.495 e. The third kappa shape index (κ3) is 4.20. The smallest absolute Gasteiger partial charge is 0.253 e. The number of rotatable bonds is 2. The quantitative estimate of drug-likeness (QED) is 0.821. The van der Waals surface area contributed by atoms with Crippen LogP contribution < -0.4 is 4.74 Å². The van der Waals surface area contributed by atoms with Crippen LogP contribution in [0.15, 0.2) is 18.2 Å². The molecule has 0 N–H and O–H groups in total. The van der Waals surface area contributed by atoms with E-state index in [2.05, 4.69) is 0 Å². The lowest BCUT2D eigenvalue weighted by Crippen LogP contribution is -2.42. The normalized spacial score (nSPS) is 15.9. The molecular weight excluding hydrogens is 328 g/mol. The van der Waals surface area contributed by atoms with Crippen LogP contribution in [0.25, 0.3) is 0 Å². The van der Waals surface area contributed by atoms with Gasteiger partial charge >= 0.3 is 0 Å². The second-order valence-electron chi connectivity index (χ2n) is 7.04. The molecule has 6 heteroatoms. The average molecular weight is 353 g/mol. The molecule has 2 amide bonds. The van der Waals surface area contributed by atoms with Gasteiger partial charge < -0.3 is 14.5 Å². The molecule has 1 aromatic rings.